The molecule has 0 unspecified atom stereocenters. The Morgan fingerprint density at radius 1 is 0.886 bits per heavy atom. The third kappa shape index (κ3) is 4.72. The fraction of sp³-hybridized carbons (Fsp3) is 0.240. The summed E-state index contributed by atoms with van der Waals surface area (Å²) >= 11 is 12.4. The van der Waals surface area contributed by atoms with E-state index in [0.717, 1.165) is 16.3 Å². The van der Waals surface area contributed by atoms with Crippen molar-refractivity contribution >= 4 is 57.1 Å². The molecule has 0 saturated heterocycles. The van der Waals surface area contributed by atoms with E-state index in [4.69, 9.17) is 27.9 Å². The molecule has 0 spiro atoms. The summed E-state index contributed by atoms with van der Waals surface area (Å²) in [6.45, 7) is 5.17. The average Bonchev–Trinajstić information content (AvgIpc) is 3.05. The van der Waals surface area contributed by atoms with Crippen LogP contribution in [0.3, 0.4) is 0 Å². The van der Waals surface area contributed by atoms with E-state index in [-0.39, 0.29) is 5.56 Å². The van der Waals surface area contributed by atoms with Crippen LogP contribution >= 0.6 is 23.2 Å². The number of nitrogens with one attached hydrogen (secondary N) is 2. The first-order valence-corrected chi connectivity index (χ1v) is 11.5. The van der Waals surface area contributed by atoms with E-state index in [1.807, 2.05) is 11.6 Å². The summed E-state index contributed by atoms with van der Waals surface area (Å²) in [5.41, 5.74) is 6.49. The van der Waals surface area contributed by atoms with Crippen LogP contribution in [0.2, 0.25) is 10.0 Å². The molecule has 4 rings (SSSR count). The molecule has 0 aliphatic carbocycles. The summed E-state index contributed by atoms with van der Waals surface area (Å²) in [5, 5.41) is 2.36. The van der Waals surface area contributed by atoms with Gasteiger partial charge in [0.15, 0.2) is 0 Å². The lowest BCUT2D eigenvalue weighted by molar-refractivity contribution is 0.0483. The average molecular weight is 515 g/mol. The van der Waals surface area contributed by atoms with Crippen LogP contribution in [0, 0.1) is 0 Å². The van der Waals surface area contributed by atoms with Crippen LogP contribution in [-0.4, -0.2) is 26.7 Å². The zero-order valence-electron chi connectivity index (χ0n) is 19.8. The highest BCUT2D eigenvalue weighted by molar-refractivity contribution is 6.36. The maximum absolute atomic E-state index is 13.2. The summed E-state index contributed by atoms with van der Waals surface area (Å²) in [4.78, 5) is 37.8. The van der Waals surface area contributed by atoms with Gasteiger partial charge in [-0.05, 0) is 57.2 Å². The molecule has 2 N–H and O–H groups in total. The summed E-state index contributed by atoms with van der Waals surface area (Å²) < 4.78 is 8.58. The molecule has 10 heteroatoms. The van der Waals surface area contributed by atoms with Crippen molar-refractivity contribution in [1.82, 2.24) is 20.0 Å². The molecule has 0 aliphatic rings. The number of benzene rings is 2. The van der Waals surface area contributed by atoms with Gasteiger partial charge in [0, 0.05) is 46.6 Å². The fourth-order valence-corrected chi connectivity index (χ4v) is 4.53. The number of halogens is 2. The molecule has 2 aromatic carbocycles. The van der Waals surface area contributed by atoms with E-state index >= 15 is 0 Å². The minimum Gasteiger partial charge on any atom is -0.443 e. The van der Waals surface area contributed by atoms with E-state index in [9.17, 15) is 14.4 Å². The molecular formula is C25H24Cl2N4O4. The van der Waals surface area contributed by atoms with Crippen molar-refractivity contribution in [3.8, 4) is 11.1 Å². The number of ether oxygens (including phenoxy) is 1. The van der Waals surface area contributed by atoms with Crippen molar-refractivity contribution in [2.45, 2.75) is 26.4 Å². The van der Waals surface area contributed by atoms with Gasteiger partial charge in [0.2, 0.25) is 0 Å². The van der Waals surface area contributed by atoms with Crippen LogP contribution in [0.25, 0.3) is 33.1 Å². The standard InChI is InChI=1S/C25H24Cl2N4O4/c1-25(2,3)35-24(34)29-28-21(32)13-6-9-20-16(10-13)17-12-18(15-8-7-14(26)11-19(15)27)23(33)31(5)22(17)30(20)4/h6-12H,1-5H3,(H,28,32)(H,29,34). The number of aromatic nitrogens is 2. The first kappa shape index (κ1) is 24.6. The number of rotatable bonds is 2. The number of aryl methyl sites for hydroxylation is 2. The Labute approximate surface area is 211 Å². The maximum Gasteiger partial charge on any atom is 0.426 e. The van der Waals surface area contributed by atoms with Gasteiger partial charge < -0.3 is 9.30 Å². The van der Waals surface area contributed by atoms with Crippen LogP contribution in [0.15, 0.2) is 47.3 Å². The van der Waals surface area contributed by atoms with Gasteiger partial charge in [-0.3, -0.25) is 19.6 Å². The van der Waals surface area contributed by atoms with Crippen LogP contribution in [0.1, 0.15) is 31.1 Å². The zero-order chi connectivity index (χ0) is 25.7. The van der Waals surface area contributed by atoms with Crippen molar-refractivity contribution in [3.63, 3.8) is 0 Å². The van der Waals surface area contributed by atoms with E-state index in [1.165, 1.54) is 0 Å². The Morgan fingerprint density at radius 2 is 1.60 bits per heavy atom. The Balaban J connectivity index is 1.79. The topological polar surface area (TPSA) is 94.4 Å². The normalized spacial score (nSPS) is 11.6. The Kier molecular flexibility index (Phi) is 6.29. The van der Waals surface area contributed by atoms with Crippen molar-refractivity contribution < 1.29 is 14.3 Å². The highest BCUT2D eigenvalue weighted by atomic mass is 35.5. The first-order chi connectivity index (χ1) is 16.4. The van der Waals surface area contributed by atoms with Crippen LogP contribution < -0.4 is 16.4 Å². The summed E-state index contributed by atoms with van der Waals surface area (Å²) in [6.07, 6.45) is -0.767. The van der Waals surface area contributed by atoms with Crippen LogP contribution in [-0.2, 0) is 18.8 Å². The zero-order valence-corrected chi connectivity index (χ0v) is 21.3. The number of carbonyl (C=O) groups is 2. The third-order valence-corrected chi connectivity index (χ3v) is 6.06. The highest BCUT2D eigenvalue weighted by Gasteiger charge is 2.20. The lowest BCUT2D eigenvalue weighted by Crippen LogP contribution is -2.44. The summed E-state index contributed by atoms with van der Waals surface area (Å²) in [7, 11) is 3.54. The molecular weight excluding hydrogens is 491 g/mol. The summed E-state index contributed by atoms with van der Waals surface area (Å²) in [5.74, 6) is -0.513. The van der Waals surface area contributed by atoms with Gasteiger partial charge >= 0.3 is 6.09 Å². The number of carbonyl (C=O) groups excluding carboxylic acids is 2. The van der Waals surface area contributed by atoms with Crippen LogP contribution in [0.5, 0.6) is 0 Å². The molecule has 8 nitrogen and oxygen atoms in total. The number of fused-ring (bicyclic) bond motifs is 3. The monoisotopic (exact) mass is 514 g/mol. The molecule has 182 valence electrons. The number of amides is 2. The number of hydrogen-bond donors (Lipinski definition) is 2. The van der Waals surface area contributed by atoms with Crippen molar-refractivity contribution in [1.29, 1.82) is 0 Å². The molecule has 0 aliphatic heterocycles. The number of hydrogen-bond acceptors (Lipinski definition) is 4. The molecule has 0 radical (unpaired) electrons. The lowest BCUT2D eigenvalue weighted by atomic mass is 10.0. The maximum atomic E-state index is 13.2. The van der Waals surface area contributed by atoms with Gasteiger partial charge in [-0.25, -0.2) is 10.2 Å². The number of hydrazine groups is 1. The SMILES string of the molecule is Cn1c(=O)c(-c2ccc(Cl)cc2Cl)cc2c3cc(C(=O)NNC(=O)OC(C)(C)C)ccc3n(C)c21. The third-order valence-electron chi connectivity index (χ3n) is 5.51. The van der Waals surface area contributed by atoms with Gasteiger partial charge in [-0.15, -0.1) is 0 Å². The minimum absolute atomic E-state index is 0.216. The second-order valence-corrected chi connectivity index (χ2v) is 10.00. The van der Waals surface area contributed by atoms with Crippen molar-refractivity contribution in [2.24, 2.45) is 14.1 Å². The van der Waals surface area contributed by atoms with Gasteiger partial charge in [0.05, 0.1) is 10.5 Å². The first-order valence-electron chi connectivity index (χ1n) is 10.7. The molecule has 0 fully saturated rings. The Morgan fingerprint density at radius 3 is 2.26 bits per heavy atom. The molecule has 2 heterocycles. The van der Waals surface area contributed by atoms with E-state index in [1.54, 1.807) is 74.9 Å². The number of pyridine rings is 1. The Hall–Kier alpha value is -3.49. The molecule has 35 heavy (non-hydrogen) atoms. The highest BCUT2D eigenvalue weighted by Crippen LogP contribution is 2.33. The van der Waals surface area contributed by atoms with Crippen molar-refractivity contribution in [2.75, 3.05) is 0 Å². The van der Waals surface area contributed by atoms with E-state index < -0.39 is 17.6 Å². The van der Waals surface area contributed by atoms with Gasteiger partial charge in [0.25, 0.3) is 11.5 Å². The van der Waals surface area contributed by atoms with Crippen molar-refractivity contribution in [3.05, 3.63) is 68.4 Å². The molecule has 4 aromatic rings. The summed E-state index contributed by atoms with van der Waals surface area (Å²) in [6, 6.07) is 11.9. The quantitative estimate of drug-likeness (QED) is 0.360. The second-order valence-electron chi connectivity index (χ2n) is 9.16. The van der Waals surface area contributed by atoms with E-state index in [0.29, 0.717) is 32.4 Å². The lowest BCUT2D eigenvalue weighted by Gasteiger charge is -2.19. The van der Waals surface area contributed by atoms with Crippen LogP contribution in [0.4, 0.5) is 4.79 Å². The predicted octanol–water partition coefficient (Wildman–Crippen LogP) is 5.17. The largest absolute Gasteiger partial charge is 0.443 e. The smallest absolute Gasteiger partial charge is 0.426 e. The number of nitrogens with zero attached hydrogens (tertiary/aromatic N) is 2. The molecule has 2 amide bonds. The molecule has 0 atom stereocenters. The fourth-order valence-electron chi connectivity index (χ4n) is 4.02. The Bertz CT molecular complexity index is 1560. The second kappa shape index (κ2) is 8.94. The molecule has 0 saturated carbocycles. The van der Waals surface area contributed by atoms with Gasteiger partial charge in [0.1, 0.15) is 11.2 Å². The molecule has 0 bridgehead atoms. The van der Waals surface area contributed by atoms with E-state index in [2.05, 4.69) is 10.9 Å². The van der Waals surface area contributed by atoms with Gasteiger partial charge in [-0.2, -0.15) is 0 Å². The van der Waals surface area contributed by atoms with Gasteiger partial charge in [-0.1, -0.05) is 29.3 Å². The molecule has 2 aromatic heterocycles. The minimum atomic E-state index is -0.767. The predicted molar refractivity (Wildman–Crippen MR) is 138 cm³/mol.